The van der Waals surface area contributed by atoms with Crippen LogP contribution in [0.1, 0.15) is 17.5 Å². The standard InChI is InChI=1S/C17H17ClFNO2S/c18-10-1-2-13-3-7-16(8-4-13)23(21,22)20-11-9-14-5-6-15(19)12-17(14)20/h3-8,12H,1-2,9-11H2. The summed E-state index contributed by atoms with van der Waals surface area (Å²) in [6.45, 7) is 0.342. The van der Waals surface area contributed by atoms with E-state index in [2.05, 4.69) is 0 Å². The predicted molar refractivity (Wildman–Crippen MR) is 90.1 cm³/mol. The molecule has 0 bridgehead atoms. The molecule has 0 saturated carbocycles. The molecule has 0 N–H and O–H groups in total. The normalized spacial score (nSPS) is 14.1. The fourth-order valence-corrected chi connectivity index (χ4v) is 4.43. The molecule has 2 aromatic rings. The zero-order valence-electron chi connectivity index (χ0n) is 12.5. The third kappa shape index (κ3) is 3.21. The van der Waals surface area contributed by atoms with E-state index in [0.717, 1.165) is 24.0 Å². The molecule has 0 atom stereocenters. The number of benzene rings is 2. The number of halogens is 2. The molecule has 3 nitrogen and oxygen atoms in total. The van der Waals surface area contributed by atoms with Crippen molar-refractivity contribution < 1.29 is 12.8 Å². The van der Waals surface area contributed by atoms with Crippen LogP contribution >= 0.6 is 11.6 Å². The van der Waals surface area contributed by atoms with Gasteiger partial charge in [0.1, 0.15) is 5.82 Å². The summed E-state index contributed by atoms with van der Waals surface area (Å²) in [4.78, 5) is 0.226. The van der Waals surface area contributed by atoms with Crippen LogP contribution in [0, 0.1) is 5.82 Å². The molecule has 1 heterocycles. The summed E-state index contributed by atoms with van der Waals surface area (Å²) in [6, 6.07) is 11.1. The summed E-state index contributed by atoms with van der Waals surface area (Å²) in [7, 11) is -3.67. The van der Waals surface area contributed by atoms with Gasteiger partial charge in [-0.3, -0.25) is 4.31 Å². The largest absolute Gasteiger partial charge is 0.266 e. The van der Waals surface area contributed by atoms with Crippen molar-refractivity contribution in [1.29, 1.82) is 0 Å². The molecule has 0 spiro atoms. The first-order valence-corrected chi connectivity index (χ1v) is 9.46. The van der Waals surface area contributed by atoms with Crippen molar-refractivity contribution in [3.8, 4) is 0 Å². The second-order valence-electron chi connectivity index (χ2n) is 5.54. The van der Waals surface area contributed by atoms with Crippen LogP contribution in [0.15, 0.2) is 47.4 Å². The average molecular weight is 354 g/mol. The van der Waals surface area contributed by atoms with Crippen molar-refractivity contribution in [2.45, 2.75) is 24.2 Å². The first-order chi connectivity index (χ1) is 11.0. The number of sulfonamides is 1. The Morgan fingerprint density at radius 2 is 1.87 bits per heavy atom. The van der Waals surface area contributed by atoms with Crippen LogP contribution in [-0.2, 0) is 22.9 Å². The Bertz CT molecular complexity index is 806. The van der Waals surface area contributed by atoms with Gasteiger partial charge in [0.05, 0.1) is 10.6 Å². The maximum Gasteiger partial charge on any atom is 0.264 e. The van der Waals surface area contributed by atoms with Gasteiger partial charge >= 0.3 is 0 Å². The van der Waals surface area contributed by atoms with Gasteiger partial charge in [-0.05, 0) is 54.7 Å². The Kier molecular flexibility index (Phi) is 4.60. The van der Waals surface area contributed by atoms with Crippen LogP contribution in [0.3, 0.4) is 0 Å². The Morgan fingerprint density at radius 1 is 1.13 bits per heavy atom. The zero-order chi connectivity index (χ0) is 16.4. The number of hydrogen-bond donors (Lipinski definition) is 0. The molecule has 6 heteroatoms. The van der Waals surface area contributed by atoms with Crippen LogP contribution in [0.25, 0.3) is 0 Å². The van der Waals surface area contributed by atoms with Crippen LogP contribution in [0.5, 0.6) is 0 Å². The van der Waals surface area contributed by atoms with Crippen molar-refractivity contribution >= 4 is 27.3 Å². The van der Waals surface area contributed by atoms with Gasteiger partial charge in [-0.2, -0.15) is 0 Å². The summed E-state index contributed by atoms with van der Waals surface area (Å²) in [5.41, 5.74) is 2.35. The summed E-state index contributed by atoms with van der Waals surface area (Å²) in [6.07, 6.45) is 2.27. The highest BCUT2D eigenvalue weighted by molar-refractivity contribution is 7.92. The molecule has 0 saturated heterocycles. The number of fused-ring (bicyclic) bond motifs is 1. The lowest BCUT2D eigenvalue weighted by Gasteiger charge is -2.19. The third-order valence-corrected chi connectivity index (χ3v) is 6.11. The number of alkyl halides is 1. The summed E-state index contributed by atoms with van der Waals surface area (Å²) in [5, 5.41) is 0. The van der Waals surface area contributed by atoms with Crippen molar-refractivity contribution in [2.75, 3.05) is 16.7 Å². The van der Waals surface area contributed by atoms with Gasteiger partial charge in [-0.15, -0.1) is 11.6 Å². The number of nitrogens with zero attached hydrogens (tertiary/aromatic N) is 1. The van der Waals surface area contributed by atoms with Gasteiger partial charge < -0.3 is 0 Å². The molecule has 0 amide bonds. The number of rotatable bonds is 5. The first kappa shape index (κ1) is 16.3. The Hall–Kier alpha value is -1.59. The second-order valence-corrected chi connectivity index (χ2v) is 7.78. The molecule has 1 aliphatic heterocycles. The topological polar surface area (TPSA) is 37.4 Å². The average Bonchev–Trinajstić information content (AvgIpc) is 2.97. The van der Waals surface area contributed by atoms with Gasteiger partial charge in [0, 0.05) is 12.4 Å². The second kappa shape index (κ2) is 6.49. The summed E-state index contributed by atoms with van der Waals surface area (Å²) < 4.78 is 40.4. The van der Waals surface area contributed by atoms with Gasteiger partial charge in [-0.25, -0.2) is 12.8 Å². The zero-order valence-corrected chi connectivity index (χ0v) is 14.1. The Labute approximate surface area is 140 Å². The molecule has 0 aliphatic carbocycles. The summed E-state index contributed by atoms with van der Waals surface area (Å²) in [5.74, 6) is 0.151. The van der Waals surface area contributed by atoms with E-state index in [1.54, 1.807) is 18.2 Å². The molecule has 0 unspecified atom stereocenters. The van der Waals surface area contributed by atoms with E-state index >= 15 is 0 Å². The molecule has 2 aromatic carbocycles. The lowest BCUT2D eigenvalue weighted by atomic mass is 10.1. The van der Waals surface area contributed by atoms with Gasteiger partial charge in [0.15, 0.2) is 0 Å². The third-order valence-electron chi connectivity index (χ3n) is 4.01. The summed E-state index contributed by atoms with van der Waals surface area (Å²) >= 11 is 5.67. The van der Waals surface area contributed by atoms with E-state index in [4.69, 9.17) is 11.6 Å². The molecular formula is C17H17ClFNO2S. The van der Waals surface area contributed by atoms with Crippen molar-refractivity contribution in [2.24, 2.45) is 0 Å². The smallest absolute Gasteiger partial charge is 0.264 e. The molecular weight excluding hydrogens is 337 g/mol. The highest BCUT2D eigenvalue weighted by atomic mass is 35.5. The van der Waals surface area contributed by atoms with Crippen molar-refractivity contribution in [3.05, 3.63) is 59.4 Å². The lowest BCUT2D eigenvalue weighted by molar-refractivity contribution is 0.592. The predicted octanol–water partition coefficient (Wildman–Crippen LogP) is 3.75. The van der Waals surface area contributed by atoms with Crippen LogP contribution in [0.4, 0.5) is 10.1 Å². The first-order valence-electron chi connectivity index (χ1n) is 7.48. The highest BCUT2D eigenvalue weighted by Gasteiger charge is 2.31. The maximum absolute atomic E-state index is 13.5. The van der Waals surface area contributed by atoms with E-state index in [0.29, 0.717) is 24.5 Å². The molecule has 1 aliphatic rings. The molecule has 0 radical (unpaired) electrons. The Morgan fingerprint density at radius 3 is 2.57 bits per heavy atom. The van der Waals surface area contributed by atoms with Gasteiger partial charge in [-0.1, -0.05) is 18.2 Å². The van der Waals surface area contributed by atoms with E-state index < -0.39 is 15.8 Å². The SMILES string of the molecule is O=S(=O)(c1ccc(CCCCl)cc1)N1CCc2ccc(F)cc21. The number of aryl methyl sites for hydroxylation is 1. The van der Waals surface area contributed by atoms with Crippen LogP contribution in [0.2, 0.25) is 0 Å². The minimum atomic E-state index is -3.67. The van der Waals surface area contributed by atoms with Crippen LogP contribution in [-0.4, -0.2) is 20.8 Å². The van der Waals surface area contributed by atoms with Crippen LogP contribution < -0.4 is 4.31 Å². The number of anilines is 1. The number of hydrogen-bond acceptors (Lipinski definition) is 2. The van der Waals surface area contributed by atoms with Crippen molar-refractivity contribution in [3.63, 3.8) is 0 Å². The monoisotopic (exact) mass is 353 g/mol. The molecule has 0 aromatic heterocycles. The highest BCUT2D eigenvalue weighted by Crippen LogP contribution is 2.33. The quantitative estimate of drug-likeness (QED) is 0.768. The van der Waals surface area contributed by atoms with E-state index in [-0.39, 0.29) is 4.90 Å². The van der Waals surface area contributed by atoms with E-state index in [1.165, 1.54) is 16.4 Å². The Balaban J connectivity index is 1.90. The lowest BCUT2D eigenvalue weighted by Crippen LogP contribution is -2.29. The molecule has 3 rings (SSSR count). The van der Waals surface area contributed by atoms with E-state index in [9.17, 15) is 12.8 Å². The fourth-order valence-electron chi connectivity index (χ4n) is 2.80. The minimum absolute atomic E-state index is 0.226. The fraction of sp³-hybridized carbons (Fsp3) is 0.294. The molecule has 122 valence electrons. The van der Waals surface area contributed by atoms with Gasteiger partial charge in [0.2, 0.25) is 0 Å². The minimum Gasteiger partial charge on any atom is -0.266 e. The molecule has 23 heavy (non-hydrogen) atoms. The maximum atomic E-state index is 13.5. The van der Waals surface area contributed by atoms with E-state index in [1.807, 2.05) is 12.1 Å². The van der Waals surface area contributed by atoms with Gasteiger partial charge in [0.25, 0.3) is 10.0 Å². The molecule has 0 fully saturated rings. The van der Waals surface area contributed by atoms with Crippen molar-refractivity contribution in [1.82, 2.24) is 0 Å².